The predicted molar refractivity (Wildman–Crippen MR) is 208 cm³/mol. The number of nitrogens with one attached hydrogen (secondary N) is 1. The summed E-state index contributed by atoms with van der Waals surface area (Å²) in [6.45, 7) is 7.80. The Balaban J connectivity index is 1.48. The molecule has 55 heavy (non-hydrogen) atoms. The monoisotopic (exact) mass is 757 g/mol. The second-order valence-corrected chi connectivity index (χ2v) is 16.3. The number of rotatable bonds is 20. The first kappa shape index (κ1) is 43.2. The fraction of sp³-hybridized carbons (Fsp3) is 0.568. The molecule has 2 aromatic rings. The summed E-state index contributed by atoms with van der Waals surface area (Å²) < 4.78 is 6.31. The van der Waals surface area contributed by atoms with E-state index >= 15 is 0 Å². The molecule has 11 heteroatoms. The highest BCUT2D eigenvalue weighted by Gasteiger charge is 2.45. The third kappa shape index (κ3) is 13.0. The van der Waals surface area contributed by atoms with Crippen molar-refractivity contribution in [3.63, 3.8) is 0 Å². The van der Waals surface area contributed by atoms with Gasteiger partial charge in [0.2, 0.25) is 23.5 Å². The van der Waals surface area contributed by atoms with Gasteiger partial charge in [0, 0.05) is 56.9 Å². The zero-order valence-corrected chi connectivity index (χ0v) is 32.9. The van der Waals surface area contributed by atoms with Crippen molar-refractivity contribution < 1.29 is 38.3 Å². The second kappa shape index (κ2) is 20.4. The van der Waals surface area contributed by atoms with Gasteiger partial charge in [-0.05, 0) is 57.1 Å². The maximum absolute atomic E-state index is 14.6. The van der Waals surface area contributed by atoms with E-state index in [1.54, 1.807) is 35.2 Å². The molecule has 0 bridgehead atoms. The maximum Gasteiger partial charge on any atom is 0.244 e. The molecule has 2 aromatic carbocycles. The van der Waals surface area contributed by atoms with Gasteiger partial charge in [-0.3, -0.25) is 33.6 Å². The van der Waals surface area contributed by atoms with E-state index in [1.165, 1.54) is 0 Å². The number of Topliss-reactive ketones (excluding diaryl/α,β-unsaturated/α-hetero) is 4. The lowest BCUT2D eigenvalue weighted by Crippen LogP contribution is -2.47. The van der Waals surface area contributed by atoms with Crippen molar-refractivity contribution in [3.05, 3.63) is 71.8 Å². The maximum atomic E-state index is 14.6. The lowest BCUT2D eigenvalue weighted by atomic mass is 9.76. The van der Waals surface area contributed by atoms with Crippen LogP contribution in [0.15, 0.2) is 60.7 Å². The van der Waals surface area contributed by atoms with Crippen LogP contribution in [0, 0.1) is 17.8 Å². The normalized spacial score (nSPS) is 19.2. The molecule has 1 aliphatic heterocycles. The Hall–Kier alpha value is -4.51. The van der Waals surface area contributed by atoms with Crippen LogP contribution < -0.4 is 11.1 Å². The molecule has 0 radical (unpaired) electrons. The molecule has 1 saturated heterocycles. The Bertz CT molecular complexity index is 1650. The molecule has 1 saturated carbocycles. The standard InChI is InChI=1S/C44H59N3O8/c1-5-15-32(41(52)37(49)22-23-39(51)46-40(42(45)53)31-20-13-8-14-21-31)25-38(50)36-27-34(55-44(2,3)4)28-47(36)43(54)35(30-18-11-7-12-19-30)26-33(48)24-29-16-9-6-10-17-29/h6,8-10,13-14,16-17,20-21,30,32,34-36,40H,5,7,11-12,15,18-19,22-28H2,1-4H3,(H2,45,53)(H,46,51)/t32?,34-,35+,36+,40+/m1/s1. The van der Waals surface area contributed by atoms with E-state index in [9.17, 15) is 33.6 Å². The SMILES string of the molecule is CCCC(CC(=O)[C@@H]1C[C@@H](OC(C)(C)C)CN1C(=O)[C@@H](CC(=O)Cc1ccccc1)C1CCCCC1)C(=O)C(=O)CCC(=O)N[C@H](C(N)=O)c1ccccc1. The fourth-order valence-corrected chi connectivity index (χ4v) is 8.11. The minimum atomic E-state index is -1.09. The zero-order valence-electron chi connectivity index (χ0n) is 32.9. The smallest absolute Gasteiger partial charge is 0.244 e. The van der Waals surface area contributed by atoms with E-state index in [4.69, 9.17) is 10.5 Å². The number of ketones is 4. The predicted octanol–water partition coefficient (Wildman–Crippen LogP) is 5.81. The molecule has 1 aliphatic carbocycles. The summed E-state index contributed by atoms with van der Waals surface area (Å²) in [4.78, 5) is 95.5. The zero-order chi connectivity index (χ0) is 40.1. The van der Waals surface area contributed by atoms with E-state index in [0.717, 1.165) is 37.7 Å². The fourth-order valence-electron chi connectivity index (χ4n) is 8.11. The van der Waals surface area contributed by atoms with Gasteiger partial charge in [-0.15, -0.1) is 0 Å². The van der Waals surface area contributed by atoms with Crippen molar-refractivity contribution >= 4 is 40.9 Å². The Kier molecular flexibility index (Phi) is 16.0. The minimum Gasteiger partial charge on any atom is -0.371 e. The molecular weight excluding hydrogens is 698 g/mol. The summed E-state index contributed by atoms with van der Waals surface area (Å²) in [6.07, 6.45) is 4.71. The van der Waals surface area contributed by atoms with Crippen molar-refractivity contribution in [2.45, 2.75) is 135 Å². The summed E-state index contributed by atoms with van der Waals surface area (Å²) in [5.41, 5.74) is 6.35. The number of hydrogen-bond acceptors (Lipinski definition) is 8. The Labute approximate surface area is 325 Å². The van der Waals surface area contributed by atoms with Crippen LogP contribution in [-0.4, -0.2) is 70.0 Å². The van der Waals surface area contributed by atoms with Gasteiger partial charge >= 0.3 is 0 Å². The molecular formula is C44H59N3O8. The van der Waals surface area contributed by atoms with Gasteiger partial charge in [0.25, 0.3) is 0 Å². The number of ether oxygens (including phenoxy) is 1. The van der Waals surface area contributed by atoms with Crippen molar-refractivity contribution in [1.82, 2.24) is 10.2 Å². The van der Waals surface area contributed by atoms with Crippen LogP contribution in [0.5, 0.6) is 0 Å². The summed E-state index contributed by atoms with van der Waals surface area (Å²) >= 11 is 0. The van der Waals surface area contributed by atoms with Crippen molar-refractivity contribution in [2.75, 3.05) is 6.54 Å². The highest BCUT2D eigenvalue weighted by molar-refractivity contribution is 6.38. The Morgan fingerprint density at radius 3 is 2.11 bits per heavy atom. The van der Waals surface area contributed by atoms with Gasteiger partial charge in [-0.2, -0.15) is 0 Å². The van der Waals surface area contributed by atoms with Crippen LogP contribution in [0.2, 0.25) is 0 Å². The third-order valence-corrected chi connectivity index (χ3v) is 10.7. The number of hydrogen-bond donors (Lipinski definition) is 2. The number of likely N-dealkylation sites (tertiary alicyclic amines) is 1. The highest BCUT2D eigenvalue weighted by Crippen LogP contribution is 2.36. The lowest BCUT2D eigenvalue weighted by Gasteiger charge is -2.34. The van der Waals surface area contributed by atoms with E-state index in [1.807, 2.05) is 58.0 Å². The van der Waals surface area contributed by atoms with E-state index < -0.39 is 65.4 Å². The molecule has 1 heterocycles. The van der Waals surface area contributed by atoms with Crippen molar-refractivity contribution in [1.29, 1.82) is 0 Å². The van der Waals surface area contributed by atoms with Gasteiger partial charge in [0.05, 0.1) is 17.7 Å². The number of nitrogens with two attached hydrogens (primary N) is 1. The first-order chi connectivity index (χ1) is 26.2. The van der Waals surface area contributed by atoms with Crippen LogP contribution in [0.3, 0.4) is 0 Å². The largest absolute Gasteiger partial charge is 0.371 e. The number of primary amides is 1. The Morgan fingerprint density at radius 1 is 0.873 bits per heavy atom. The average molecular weight is 758 g/mol. The quantitative estimate of drug-likeness (QED) is 0.160. The molecule has 11 nitrogen and oxygen atoms in total. The summed E-state index contributed by atoms with van der Waals surface area (Å²) in [5.74, 6) is -4.93. The summed E-state index contributed by atoms with van der Waals surface area (Å²) in [6, 6.07) is 16.0. The first-order valence-corrected chi connectivity index (χ1v) is 19.9. The van der Waals surface area contributed by atoms with Gasteiger partial charge < -0.3 is 20.7 Å². The van der Waals surface area contributed by atoms with E-state index in [0.29, 0.717) is 12.0 Å². The molecule has 3 N–H and O–H groups in total. The first-order valence-electron chi connectivity index (χ1n) is 19.9. The van der Waals surface area contributed by atoms with Crippen LogP contribution in [-0.2, 0) is 44.7 Å². The molecule has 3 amide bonds. The molecule has 2 aliphatic rings. The van der Waals surface area contributed by atoms with Crippen molar-refractivity contribution in [3.8, 4) is 0 Å². The van der Waals surface area contributed by atoms with Gasteiger partial charge in [0.15, 0.2) is 11.6 Å². The van der Waals surface area contributed by atoms with E-state index in [-0.39, 0.29) is 68.5 Å². The van der Waals surface area contributed by atoms with Gasteiger partial charge in [-0.1, -0.05) is 93.3 Å². The van der Waals surface area contributed by atoms with Crippen LogP contribution in [0.1, 0.15) is 122 Å². The third-order valence-electron chi connectivity index (χ3n) is 10.7. The lowest BCUT2D eigenvalue weighted by molar-refractivity contribution is -0.146. The minimum absolute atomic E-state index is 0.0225. The Morgan fingerprint density at radius 2 is 1.51 bits per heavy atom. The molecule has 2 fully saturated rings. The highest BCUT2D eigenvalue weighted by atomic mass is 16.5. The average Bonchev–Trinajstić information content (AvgIpc) is 3.57. The molecule has 4 rings (SSSR count). The van der Waals surface area contributed by atoms with Crippen LogP contribution in [0.4, 0.5) is 0 Å². The second-order valence-electron chi connectivity index (χ2n) is 16.3. The topological polar surface area (TPSA) is 170 Å². The van der Waals surface area contributed by atoms with Crippen LogP contribution in [0.25, 0.3) is 0 Å². The summed E-state index contributed by atoms with van der Waals surface area (Å²) in [7, 11) is 0. The number of amides is 3. The van der Waals surface area contributed by atoms with E-state index in [2.05, 4.69) is 5.32 Å². The number of carbonyl (C=O) groups is 7. The molecule has 1 unspecified atom stereocenters. The number of carbonyl (C=O) groups excluding carboxylic acids is 7. The molecule has 5 atom stereocenters. The number of nitrogens with zero attached hydrogens (tertiary/aromatic N) is 1. The summed E-state index contributed by atoms with van der Waals surface area (Å²) in [5, 5.41) is 2.54. The molecule has 0 spiro atoms. The van der Waals surface area contributed by atoms with Gasteiger partial charge in [0.1, 0.15) is 11.8 Å². The molecule has 298 valence electrons. The van der Waals surface area contributed by atoms with Gasteiger partial charge in [-0.25, -0.2) is 0 Å². The molecule has 0 aromatic heterocycles. The van der Waals surface area contributed by atoms with Crippen LogP contribution >= 0.6 is 0 Å². The number of benzene rings is 2. The van der Waals surface area contributed by atoms with Crippen molar-refractivity contribution in [2.24, 2.45) is 23.5 Å².